The van der Waals surface area contributed by atoms with Crippen molar-refractivity contribution in [3.8, 4) is 0 Å². The number of hydrogen-bond donors (Lipinski definition) is 0. The summed E-state index contributed by atoms with van der Waals surface area (Å²) in [7, 11) is 0. The van der Waals surface area contributed by atoms with Gasteiger partial charge in [-0.25, -0.2) is 9.59 Å². The van der Waals surface area contributed by atoms with Crippen LogP contribution in [0.1, 0.15) is 24.2 Å². The Morgan fingerprint density at radius 1 is 1.37 bits per heavy atom. The number of rotatable bonds is 5. The molecule has 0 heterocycles. The molecule has 0 spiro atoms. The van der Waals surface area contributed by atoms with Gasteiger partial charge in [-0.3, -0.25) is 10.1 Å². The Kier molecular flexibility index (Phi) is 4.99. The molecule has 0 fully saturated rings. The maximum absolute atomic E-state index is 11.8. The Morgan fingerprint density at radius 2 is 2.00 bits per heavy atom. The Labute approximate surface area is 109 Å². The largest absolute Gasteiger partial charge is 0.463 e. The average Bonchev–Trinajstić information content (AvgIpc) is 2.38. The van der Waals surface area contributed by atoms with Crippen LogP contribution in [-0.4, -0.2) is 29.6 Å². The van der Waals surface area contributed by atoms with Crippen molar-refractivity contribution in [1.82, 2.24) is 0 Å². The summed E-state index contributed by atoms with van der Waals surface area (Å²) in [5.41, 5.74) is -0.577. The molecule has 0 N–H and O–H groups in total. The molecular formula is C12H13NO6. The zero-order valence-corrected chi connectivity index (χ0v) is 10.5. The number of ether oxygens (including phenoxy) is 2. The summed E-state index contributed by atoms with van der Waals surface area (Å²) in [5, 5.41) is 10.8. The summed E-state index contributed by atoms with van der Waals surface area (Å²) in [5.74, 6) is -1.64. The predicted octanol–water partition coefficient (Wildman–Crippen LogP) is 1.70. The quantitative estimate of drug-likeness (QED) is 0.457. The van der Waals surface area contributed by atoms with Crippen molar-refractivity contribution in [2.75, 3.05) is 6.61 Å². The molecule has 0 unspecified atom stereocenters. The number of carbonyl (C=O) groups excluding carboxylic acids is 2. The van der Waals surface area contributed by atoms with Gasteiger partial charge in [0.15, 0.2) is 6.10 Å². The first-order valence-electron chi connectivity index (χ1n) is 5.58. The van der Waals surface area contributed by atoms with E-state index in [0.29, 0.717) is 0 Å². The molecule has 0 saturated heterocycles. The van der Waals surface area contributed by atoms with Gasteiger partial charge in [0, 0.05) is 6.07 Å². The first-order valence-corrected chi connectivity index (χ1v) is 5.58. The van der Waals surface area contributed by atoms with E-state index in [1.54, 1.807) is 6.92 Å². The first kappa shape index (κ1) is 14.6. The molecular weight excluding hydrogens is 254 g/mol. The molecule has 1 aromatic carbocycles. The highest BCUT2D eigenvalue weighted by Gasteiger charge is 2.25. The molecule has 0 aromatic heterocycles. The van der Waals surface area contributed by atoms with Crippen molar-refractivity contribution in [2.24, 2.45) is 0 Å². The maximum atomic E-state index is 11.8. The molecule has 7 nitrogen and oxygen atoms in total. The van der Waals surface area contributed by atoms with Gasteiger partial charge in [-0.2, -0.15) is 0 Å². The minimum absolute atomic E-state index is 0.159. The lowest BCUT2D eigenvalue weighted by molar-refractivity contribution is -0.385. The van der Waals surface area contributed by atoms with Gasteiger partial charge < -0.3 is 9.47 Å². The third kappa shape index (κ3) is 3.77. The predicted molar refractivity (Wildman–Crippen MR) is 64.6 cm³/mol. The molecule has 0 aliphatic rings. The van der Waals surface area contributed by atoms with Crippen LogP contribution in [0.5, 0.6) is 0 Å². The Hall–Kier alpha value is -2.44. The summed E-state index contributed by atoms with van der Waals surface area (Å²) < 4.78 is 9.49. The summed E-state index contributed by atoms with van der Waals surface area (Å²) in [6, 6.07) is 5.35. The van der Waals surface area contributed by atoms with Gasteiger partial charge in [0.2, 0.25) is 0 Å². The second kappa shape index (κ2) is 6.48. The van der Waals surface area contributed by atoms with Gasteiger partial charge >= 0.3 is 11.9 Å². The van der Waals surface area contributed by atoms with Gasteiger partial charge in [0.1, 0.15) is 5.56 Å². The third-order valence-electron chi connectivity index (χ3n) is 2.22. The number of nitro groups is 1. The highest BCUT2D eigenvalue weighted by atomic mass is 16.6. The molecule has 0 radical (unpaired) electrons. The van der Waals surface area contributed by atoms with Crippen molar-refractivity contribution in [3.63, 3.8) is 0 Å². The van der Waals surface area contributed by atoms with E-state index in [0.717, 1.165) is 0 Å². The van der Waals surface area contributed by atoms with E-state index in [9.17, 15) is 19.7 Å². The average molecular weight is 267 g/mol. The van der Waals surface area contributed by atoms with Crippen LogP contribution >= 0.6 is 0 Å². The normalized spacial score (nSPS) is 11.5. The lowest BCUT2D eigenvalue weighted by Gasteiger charge is -2.11. The fourth-order valence-corrected chi connectivity index (χ4v) is 1.34. The second-order valence-corrected chi connectivity index (χ2v) is 3.57. The maximum Gasteiger partial charge on any atom is 0.347 e. The summed E-state index contributed by atoms with van der Waals surface area (Å²) in [6.45, 7) is 3.12. The molecule has 1 aromatic rings. The molecule has 0 bridgehead atoms. The standard InChI is InChI=1S/C12H13NO6/c1-3-18-11(14)8(2)19-12(15)9-6-4-5-7-10(9)13(16)17/h4-8H,3H2,1-2H3/t8-/m1/s1. The monoisotopic (exact) mass is 267 g/mol. The number of nitrogens with zero attached hydrogens (tertiary/aromatic N) is 1. The Bertz CT molecular complexity index is 499. The Balaban J connectivity index is 2.84. The van der Waals surface area contributed by atoms with E-state index in [1.165, 1.54) is 31.2 Å². The van der Waals surface area contributed by atoms with Crippen molar-refractivity contribution < 1.29 is 24.0 Å². The number of hydrogen-bond acceptors (Lipinski definition) is 6. The van der Waals surface area contributed by atoms with Crippen LogP contribution in [0.4, 0.5) is 5.69 Å². The van der Waals surface area contributed by atoms with E-state index in [1.807, 2.05) is 0 Å². The highest BCUT2D eigenvalue weighted by molar-refractivity contribution is 5.95. The first-order chi connectivity index (χ1) is 8.97. The topological polar surface area (TPSA) is 95.7 Å². The zero-order valence-electron chi connectivity index (χ0n) is 10.5. The summed E-state index contributed by atoms with van der Waals surface area (Å²) in [4.78, 5) is 33.1. The van der Waals surface area contributed by atoms with Crippen LogP contribution in [0.2, 0.25) is 0 Å². The van der Waals surface area contributed by atoms with E-state index < -0.39 is 23.0 Å². The van der Waals surface area contributed by atoms with Crippen molar-refractivity contribution in [1.29, 1.82) is 0 Å². The molecule has 7 heteroatoms. The lowest BCUT2D eigenvalue weighted by Crippen LogP contribution is -2.26. The minimum atomic E-state index is -1.12. The van der Waals surface area contributed by atoms with Crippen LogP contribution in [0, 0.1) is 10.1 Å². The number of para-hydroxylation sites is 1. The smallest absolute Gasteiger partial charge is 0.347 e. The van der Waals surface area contributed by atoms with Crippen LogP contribution < -0.4 is 0 Å². The number of benzene rings is 1. The van der Waals surface area contributed by atoms with Crippen LogP contribution in [0.3, 0.4) is 0 Å². The van der Waals surface area contributed by atoms with Gasteiger partial charge in [0.25, 0.3) is 5.69 Å². The molecule has 0 aliphatic heterocycles. The van der Waals surface area contributed by atoms with Gasteiger partial charge in [-0.15, -0.1) is 0 Å². The molecule has 1 atom stereocenters. The van der Waals surface area contributed by atoms with E-state index in [4.69, 9.17) is 4.74 Å². The zero-order chi connectivity index (χ0) is 14.4. The Morgan fingerprint density at radius 3 is 2.58 bits per heavy atom. The molecule has 0 saturated carbocycles. The van der Waals surface area contributed by atoms with E-state index >= 15 is 0 Å². The van der Waals surface area contributed by atoms with Crippen molar-refractivity contribution in [2.45, 2.75) is 20.0 Å². The fraction of sp³-hybridized carbons (Fsp3) is 0.333. The molecule has 1 rings (SSSR count). The second-order valence-electron chi connectivity index (χ2n) is 3.57. The minimum Gasteiger partial charge on any atom is -0.463 e. The third-order valence-corrected chi connectivity index (χ3v) is 2.22. The summed E-state index contributed by atoms with van der Waals surface area (Å²) >= 11 is 0. The number of carbonyl (C=O) groups is 2. The summed E-state index contributed by atoms with van der Waals surface area (Å²) in [6.07, 6.45) is -1.12. The van der Waals surface area contributed by atoms with E-state index in [-0.39, 0.29) is 17.9 Å². The van der Waals surface area contributed by atoms with Gasteiger partial charge in [0.05, 0.1) is 11.5 Å². The van der Waals surface area contributed by atoms with Crippen molar-refractivity contribution in [3.05, 3.63) is 39.9 Å². The molecule has 0 amide bonds. The number of esters is 2. The fourth-order valence-electron chi connectivity index (χ4n) is 1.34. The molecule has 0 aliphatic carbocycles. The van der Waals surface area contributed by atoms with Gasteiger partial charge in [-0.1, -0.05) is 12.1 Å². The van der Waals surface area contributed by atoms with E-state index in [2.05, 4.69) is 4.74 Å². The number of nitro benzene ring substituents is 1. The molecule has 102 valence electrons. The van der Waals surface area contributed by atoms with Crippen molar-refractivity contribution >= 4 is 17.6 Å². The SMILES string of the molecule is CCOC(=O)[C@@H](C)OC(=O)c1ccccc1[N+](=O)[O-]. The van der Waals surface area contributed by atoms with Crippen LogP contribution in [-0.2, 0) is 14.3 Å². The van der Waals surface area contributed by atoms with Crippen LogP contribution in [0.25, 0.3) is 0 Å². The molecule has 19 heavy (non-hydrogen) atoms. The van der Waals surface area contributed by atoms with Crippen LogP contribution in [0.15, 0.2) is 24.3 Å². The highest BCUT2D eigenvalue weighted by Crippen LogP contribution is 2.19. The lowest BCUT2D eigenvalue weighted by atomic mass is 10.2. The van der Waals surface area contributed by atoms with Gasteiger partial charge in [-0.05, 0) is 19.9 Å².